The summed E-state index contributed by atoms with van der Waals surface area (Å²) < 4.78 is 27.7. The van der Waals surface area contributed by atoms with Gasteiger partial charge in [-0.25, -0.2) is 14.3 Å². The molecule has 6 nitrogen and oxygen atoms in total. The molecule has 0 aliphatic carbocycles. The van der Waals surface area contributed by atoms with E-state index in [1.165, 1.54) is 12.1 Å². The van der Waals surface area contributed by atoms with Crippen LogP contribution in [-0.4, -0.2) is 20.9 Å². The van der Waals surface area contributed by atoms with Crippen LogP contribution in [0.3, 0.4) is 0 Å². The zero-order valence-corrected chi connectivity index (χ0v) is 15.5. The number of carbonyl (C=O) groups is 1. The molecule has 0 aliphatic rings. The van der Waals surface area contributed by atoms with Crippen molar-refractivity contribution in [3.8, 4) is 0 Å². The van der Waals surface area contributed by atoms with Crippen LogP contribution in [0.15, 0.2) is 57.9 Å². The summed E-state index contributed by atoms with van der Waals surface area (Å²) in [5, 5.41) is 0. The third-order valence-corrected chi connectivity index (χ3v) is 5.80. The van der Waals surface area contributed by atoms with Crippen LogP contribution >= 0.6 is 15.9 Å². The van der Waals surface area contributed by atoms with Crippen molar-refractivity contribution in [2.45, 2.75) is 18.2 Å². The molecule has 0 unspecified atom stereocenters. The molecule has 2 rings (SSSR count). The molecule has 0 bridgehead atoms. The normalized spacial score (nSPS) is 11.1. The lowest BCUT2D eigenvalue weighted by molar-refractivity contribution is -0.119. The van der Waals surface area contributed by atoms with Crippen molar-refractivity contribution in [1.29, 1.82) is 0 Å². The van der Waals surface area contributed by atoms with E-state index in [1.807, 2.05) is 24.5 Å². The SMILES string of the molecule is CCc1ccc(N(CC(=O)NN)S(=O)(=O)c2ccc(Br)cc2)cc1. The summed E-state index contributed by atoms with van der Waals surface area (Å²) in [6.07, 6.45) is 0.836. The van der Waals surface area contributed by atoms with Gasteiger partial charge < -0.3 is 0 Å². The highest BCUT2D eigenvalue weighted by molar-refractivity contribution is 9.10. The van der Waals surface area contributed by atoms with E-state index in [0.29, 0.717) is 5.69 Å². The molecular weight excluding hydrogens is 394 g/mol. The highest BCUT2D eigenvalue weighted by Gasteiger charge is 2.26. The van der Waals surface area contributed by atoms with Crippen molar-refractivity contribution in [2.24, 2.45) is 5.84 Å². The Balaban J connectivity index is 2.47. The van der Waals surface area contributed by atoms with E-state index in [0.717, 1.165) is 20.8 Å². The predicted molar refractivity (Wildman–Crippen MR) is 96.8 cm³/mol. The minimum atomic E-state index is -3.90. The van der Waals surface area contributed by atoms with Crippen molar-refractivity contribution in [3.05, 3.63) is 58.6 Å². The summed E-state index contributed by atoms with van der Waals surface area (Å²) in [5.41, 5.74) is 3.44. The molecule has 0 saturated heterocycles. The fourth-order valence-corrected chi connectivity index (χ4v) is 3.81. The van der Waals surface area contributed by atoms with Crippen LogP contribution in [0, 0.1) is 0 Å². The molecule has 0 aromatic heterocycles. The molecule has 0 aliphatic heterocycles. The van der Waals surface area contributed by atoms with Gasteiger partial charge >= 0.3 is 0 Å². The van der Waals surface area contributed by atoms with E-state index in [4.69, 9.17) is 5.84 Å². The highest BCUT2D eigenvalue weighted by atomic mass is 79.9. The van der Waals surface area contributed by atoms with Gasteiger partial charge in [0.05, 0.1) is 10.6 Å². The second kappa shape index (κ2) is 7.78. The van der Waals surface area contributed by atoms with Crippen molar-refractivity contribution in [3.63, 3.8) is 0 Å². The van der Waals surface area contributed by atoms with Gasteiger partial charge in [0.1, 0.15) is 6.54 Å². The molecule has 3 N–H and O–H groups in total. The minimum absolute atomic E-state index is 0.0927. The number of nitrogens with two attached hydrogens (primary N) is 1. The van der Waals surface area contributed by atoms with E-state index in [-0.39, 0.29) is 4.90 Å². The number of nitrogens with one attached hydrogen (secondary N) is 1. The highest BCUT2D eigenvalue weighted by Crippen LogP contribution is 2.25. The van der Waals surface area contributed by atoms with E-state index in [1.54, 1.807) is 24.3 Å². The molecule has 0 fully saturated rings. The number of rotatable bonds is 6. The first-order chi connectivity index (χ1) is 11.4. The summed E-state index contributed by atoms with van der Waals surface area (Å²) in [4.78, 5) is 11.8. The van der Waals surface area contributed by atoms with Gasteiger partial charge in [-0.15, -0.1) is 0 Å². The maximum atomic E-state index is 12.9. The fraction of sp³-hybridized carbons (Fsp3) is 0.188. The first-order valence-corrected chi connectivity index (χ1v) is 9.48. The van der Waals surface area contributed by atoms with Crippen molar-refractivity contribution in [2.75, 3.05) is 10.8 Å². The number of nitrogens with zero attached hydrogens (tertiary/aromatic N) is 1. The molecule has 24 heavy (non-hydrogen) atoms. The second-order valence-electron chi connectivity index (χ2n) is 5.05. The molecule has 0 spiro atoms. The van der Waals surface area contributed by atoms with Gasteiger partial charge in [-0.2, -0.15) is 0 Å². The second-order valence-corrected chi connectivity index (χ2v) is 7.83. The Hall–Kier alpha value is -1.90. The van der Waals surface area contributed by atoms with E-state index in [2.05, 4.69) is 15.9 Å². The van der Waals surface area contributed by atoms with Crippen LogP contribution in [0.2, 0.25) is 0 Å². The van der Waals surface area contributed by atoms with Gasteiger partial charge in [-0.05, 0) is 48.4 Å². The Morgan fingerprint density at radius 1 is 1.12 bits per heavy atom. The maximum Gasteiger partial charge on any atom is 0.264 e. The number of halogens is 1. The molecule has 0 atom stereocenters. The van der Waals surface area contributed by atoms with Crippen LogP contribution < -0.4 is 15.6 Å². The van der Waals surface area contributed by atoms with Gasteiger partial charge in [0, 0.05) is 4.47 Å². The lowest BCUT2D eigenvalue weighted by atomic mass is 10.1. The number of anilines is 1. The summed E-state index contributed by atoms with van der Waals surface area (Å²) in [6.45, 7) is 1.60. The summed E-state index contributed by atoms with van der Waals surface area (Å²) >= 11 is 3.27. The van der Waals surface area contributed by atoms with E-state index in [9.17, 15) is 13.2 Å². The number of hydrazine groups is 1. The van der Waals surface area contributed by atoms with Gasteiger partial charge in [0.2, 0.25) is 0 Å². The lowest BCUT2D eigenvalue weighted by Crippen LogP contribution is -2.43. The topological polar surface area (TPSA) is 92.5 Å². The Labute approximate surface area is 149 Å². The van der Waals surface area contributed by atoms with Gasteiger partial charge in [-0.3, -0.25) is 14.5 Å². The Bertz CT molecular complexity index is 805. The van der Waals surface area contributed by atoms with Crippen LogP contribution in [-0.2, 0) is 21.2 Å². The zero-order valence-electron chi connectivity index (χ0n) is 13.1. The lowest BCUT2D eigenvalue weighted by Gasteiger charge is -2.24. The largest absolute Gasteiger partial charge is 0.293 e. The number of carbonyl (C=O) groups excluding carboxylic acids is 1. The molecule has 0 heterocycles. The maximum absolute atomic E-state index is 12.9. The smallest absolute Gasteiger partial charge is 0.264 e. The standard InChI is InChI=1S/C16H18BrN3O3S/c1-2-12-3-7-14(8-4-12)20(11-16(21)19-18)24(22,23)15-9-5-13(17)6-10-15/h3-10H,2,11,18H2,1H3,(H,19,21). The molecule has 0 radical (unpaired) electrons. The van der Waals surface area contributed by atoms with Gasteiger partial charge in [0.25, 0.3) is 15.9 Å². The van der Waals surface area contributed by atoms with Gasteiger partial charge in [-0.1, -0.05) is 35.0 Å². The van der Waals surface area contributed by atoms with Gasteiger partial charge in [0.15, 0.2) is 0 Å². The minimum Gasteiger partial charge on any atom is -0.293 e. The summed E-state index contributed by atoms with van der Waals surface area (Å²) in [5.74, 6) is 4.52. The van der Waals surface area contributed by atoms with E-state index < -0.39 is 22.5 Å². The molecule has 2 aromatic carbocycles. The number of benzene rings is 2. The first kappa shape index (κ1) is 18.4. The molecule has 2 aromatic rings. The Morgan fingerprint density at radius 2 is 1.71 bits per heavy atom. The zero-order chi connectivity index (χ0) is 17.7. The Morgan fingerprint density at radius 3 is 2.21 bits per heavy atom. The van der Waals surface area contributed by atoms with Crippen LogP contribution in [0.4, 0.5) is 5.69 Å². The van der Waals surface area contributed by atoms with Crippen molar-refractivity contribution in [1.82, 2.24) is 5.43 Å². The number of amides is 1. The van der Waals surface area contributed by atoms with Crippen molar-refractivity contribution < 1.29 is 13.2 Å². The average Bonchev–Trinajstić information content (AvgIpc) is 2.59. The number of sulfonamides is 1. The summed E-state index contributed by atoms with van der Waals surface area (Å²) in [6, 6.07) is 13.3. The summed E-state index contributed by atoms with van der Waals surface area (Å²) in [7, 11) is -3.90. The third kappa shape index (κ3) is 4.14. The third-order valence-electron chi connectivity index (χ3n) is 3.48. The number of aryl methyl sites for hydroxylation is 1. The monoisotopic (exact) mass is 411 g/mol. The molecule has 1 amide bonds. The van der Waals surface area contributed by atoms with Crippen LogP contribution in [0.25, 0.3) is 0 Å². The fourth-order valence-electron chi connectivity index (χ4n) is 2.12. The quantitative estimate of drug-likeness (QED) is 0.432. The van der Waals surface area contributed by atoms with Crippen molar-refractivity contribution >= 4 is 37.5 Å². The molecular formula is C16H18BrN3O3S. The average molecular weight is 412 g/mol. The van der Waals surface area contributed by atoms with Crippen LogP contribution in [0.1, 0.15) is 12.5 Å². The molecule has 8 heteroatoms. The first-order valence-electron chi connectivity index (χ1n) is 7.25. The Kier molecular flexibility index (Phi) is 5.98. The number of hydrogen-bond donors (Lipinski definition) is 2. The van der Waals surface area contributed by atoms with E-state index >= 15 is 0 Å². The molecule has 128 valence electrons. The number of hydrogen-bond acceptors (Lipinski definition) is 4. The molecule has 0 saturated carbocycles. The predicted octanol–water partition coefficient (Wildman–Crippen LogP) is 2.20. The van der Waals surface area contributed by atoms with Crippen LogP contribution in [0.5, 0.6) is 0 Å².